The van der Waals surface area contributed by atoms with Crippen molar-refractivity contribution in [3.8, 4) is 0 Å². The number of aliphatic hydroxyl groups is 1. The lowest BCUT2D eigenvalue weighted by Crippen LogP contribution is -1.32. The summed E-state index contributed by atoms with van der Waals surface area (Å²) in [6, 6.07) is 0. The van der Waals surface area contributed by atoms with Crippen molar-refractivity contribution in [3.63, 3.8) is 0 Å². The summed E-state index contributed by atoms with van der Waals surface area (Å²) in [7, 11) is -1.42. The summed E-state index contributed by atoms with van der Waals surface area (Å²) in [6.45, 7) is 0. The Balaban J connectivity index is 0. The van der Waals surface area contributed by atoms with Gasteiger partial charge in [0.2, 0.25) is 0 Å². The zero-order valence-corrected chi connectivity index (χ0v) is 5.05. The predicted octanol–water partition coefficient (Wildman–Crippen LogP) is 0.636. The highest BCUT2D eigenvalue weighted by Crippen LogP contribution is 1.67. The Morgan fingerprint density at radius 3 is 1.71 bits per heavy atom. The van der Waals surface area contributed by atoms with Gasteiger partial charge >= 0.3 is 9.29 Å². The van der Waals surface area contributed by atoms with E-state index < -0.39 is 9.29 Å². The molecule has 0 rings (SSSR count). The Kier molecular flexibility index (Phi) is 24.4. The van der Waals surface area contributed by atoms with Crippen molar-refractivity contribution in [2.45, 2.75) is 0 Å². The van der Waals surface area contributed by atoms with Gasteiger partial charge in [-0.25, -0.2) is 0 Å². The Bertz CT molecular complexity index is 71.0. The van der Waals surface area contributed by atoms with E-state index in [2.05, 4.69) is 0 Å². The smallest absolute Gasteiger partial charge is 0.515 e. The summed E-state index contributed by atoms with van der Waals surface area (Å²) in [6.07, 6.45) is 0.765. The Labute approximate surface area is 47.5 Å². The lowest BCUT2D eigenvalue weighted by Gasteiger charge is -1.51. The molecular weight excluding hydrogens is 136 g/mol. The first kappa shape index (κ1) is 9.82. The second-order valence-electron chi connectivity index (χ2n) is 0.358. The van der Waals surface area contributed by atoms with Gasteiger partial charge in [0.05, 0.1) is 6.26 Å². The van der Waals surface area contributed by atoms with Crippen molar-refractivity contribution in [2.75, 3.05) is 0 Å². The molecule has 0 aromatic heterocycles. The largest absolute Gasteiger partial charge is 0.549 e. The van der Waals surface area contributed by atoms with Crippen molar-refractivity contribution < 1.29 is 14.0 Å². The molecule has 0 bridgehead atoms. The van der Waals surface area contributed by atoms with Gasteiger partial charge in [0.25, 0.3) is 0 Å². The monoisotopic (exact) mass is 138 g/mol. The third kappa shape index (κ3) is 179. The van der Waals surface area contributed by atoms with Crippen LogP contribution in [0.3, 0.4) is 0 Å². The minimum atomic E-state index is -1.42. The van der Waals surface area contributed by atoms with Crippen molar-refractivity contribution in [1.29, 1.82) is 0 Å². The molecular formula is C2H3ClO3Si. The predicted molar refractivity (Wildman–Crippen MR) is 24.7 cm³/mol. The van der Waals surface area contributed by atoms with E-state index >= 15 is 0 Å². The van der Waals surface area contributed by atoms with Gasteiger partial charge < -0.3 is 5.11 Å². The maximum atomic E-state index is 8.40. The van der Waals surface area contributed by atoms with E-state index in [0.717, 1.165) is 11.8 Å². The van der Waals surface area contributed by atoms with Crippen molar-refractivity contribution in [2.24, 2.45) is 0 Å². The molecule has 0 spiro atoms. The molecule has 0 aromatic rings. The quantitative estimate of drug-likeness (QED) is 0.395. The van der Waals surface area contributed by atoms with Crippen LogP contribution in [0.2, 0.25) is 0 Å². The molecule has 0 fully saturated rings. The van der Waals surface area contributed by atoms with Gasteiger partial charge in [-0.2, -0.15) is 0 Å². The number of hydrogen-bond donors (Lipinski definition) is 1. The van der Waals surface area contributed by atoms with Crippen molar-refractivity contribution in [3.05, 3.63) is 11.8 Å². The summed E-state index contributed by atoms with van der Waals surface area (Å²) >= 11 is 4.76. The van der Waals surface area contributed by atoms with E-state index in [1.54, 1.807) is 0 Å². The van der Waals surface area contributed by atoms with E-state index in [1.807, 2.05) is 0 Å². The number of aliphatic hydroxyl groups excluding tert-OH is 1. The fourth-order valence-corrected chi connectivity index (χ4v) is 0. The first-order valence-corrected chi connectivity index (χ1v) is 2.47. The maximum Gasteiger partial charge on any atom is 0.549 e. The highest BCUT2D eigenvalue weighted by molar-refractivity contribution is 6.25. The van der Waals surface area contributed by atoms with Crippen LogP contribution in [0.4, 0.5) is 0 Å². The van der Waals surface area contributed by atoms with Crippen molar-refractivity contribution >= 4 is 20.9 Å². The molecule has 3 nitrogen and oxygen atoms in total. The average Bonchev–Trinajstić information content (AvgIpc) is 1.69. The molecule has 0 radical (unpaired) electrons. The summed E-state index contributed by atoms with van der Waals surface area (Å²) in [5.41, 5.74) is 1.03. The fraction of sp³-hybridized carbons (Fsp3) is 0. The van der Waals surface area contributed by atoms with Gasteiger partial charge in [-0.05, 0) is 0 Å². The van der Waals surface area contributed by atoms with E-state index in [4.69, 9.17) is 25.6 Å². The van der Waals surface area contributed by atoms with Crippen LogP contribution in [0.1, 0.15) is 0 Å². The molecule has 0 saturated carbocycles. The van der Waals surface area contributed by atoms with Crippen LogP contribution in [0.25, 0.3) is 0 Å². The standard InChI is InChI=1S/C2H3ClO.O2Si/c3-1-2-4;1-3-2/h1-2,4H;. The van der Waals surface area contributed by atoms with E-state index in [0.29, 0.717) is 0 Å². The molecule has 0 atom stereocenters. The number of halogens is 1. The second-order valence-corrected chi connectivity index (χ2v) is 0.777. The molecule has 7 heavy (non-hydrogen) atoms. The SMILES string of the molecule is O=[Si]=O.OC=CCl. The first-order valence-electron chi connectivity index (χ1n) is 1.22. The van der Waals surface area contributed by atoms with Gasteiger partial charge in [-0.15, -0.1) is 0 Å². The van der Waals surface area contributed by atoms with Crippen LogP contribution in [0.5, 0.6) is 0 Å². The van der Waals surface area contributed by atoms with Gasteiger partial charge in [-0.3, -0.25) is 8.92 Å². The molecule has 40 valence electrons. The van der Waals surface area contributed by atoms with E-state index in [9.17, 15) is 0 Å². The molecule has 0 amide bonds. The highest BCUT2D eigenvalue weighted by Gasteiger charge is 1.38. The van der Waals surface area contributed by atoms with Crippen LogP contribution >= 0.6 is 11.6 Å². The number of hydrogen-bond acceptors (Lipinski definition) is 3. The molecule has 1 N–H and O–H groups in total. The van der Waals surface area contributed by atoms with Crippen LogP contribution < -0.4 is 0 Å². The Hall–Kier alpha value is -0.353. The summed E-state index contributed by atoms with van der Waals surface area (Å²) in [5, 5.41) is 7.56. The fourth-order valence-electron chi connectivity index (χ4n) is 0. The van der Waals surface area contributed by atoms with E-state index in [1.165, 1.54) is 0 Å². The Morgan fingerprint density at radius 1 is 1.57 bits per heavy atom. The summed E-state index contributed by atoms with van der Waals surface area (Å²) in [5.74, 6) is 0. The third-order valence-corrected chi connectivity index (χ3v) is 0.169. The lowest BCUT2D eigenvalue weighted by molar-refractivity contribution is 0.475. The molecule has 0 heterocycles. The molecule has 0 saturated heterocycles. The molecule has 0 aliphatic heterocycles. The second kappa shape index (κ2) is 17.4. The minimum Gasteiger partial charge on any atom is -0.515 e. The zero-order valence-electron chi connectivity index (χ0n) is 3.30. The maximum absolute atomic E-state index is 8.40. The van der Waals surface area contributed by atoms with Crippen LogP contribution in [0.15, 0.2) is 11.8 Å². The molecule has 0 aromatic carbocycles. The summed E-state index contributed by atoms with van der Waals surface area (Å²) in [4.78, 5) is 0. The van der Waals surface area contributed by atoms with Gasteiger partial charge in [-0.1, -0.05) is 11.6 Å². The zero-order chi connectivity index (χ0) is 6.12. The topological polar surface area (TPSA) is 54.4 Å². The highest BCUT2D eigenvalue weighted by atomic mass is 35.5. The molecule has 0 unspecified atom stereocenters. The van der Waals surface area contributed by atoms with Gasteiger partial charge in [0, 0.05) is 5.54 Å². The number of rotatable bonds is 0. The van der Waals surface area contributed by atoms with Crippen LogP contribution in [-0.2, 0) is 8.92 Å². The first-order chi connectivity index (χ1) is 3.33. The van der Waals surface area contributed by atoms with Crippen molar-refractivity contribution in [1.82, 2.24) is 0 Å². The van der Waals surface area contributed by atoms with Crippen LogP contribution in [0, 0.1) is 0 Å². The molecule has 0 aliphatic rings. The Morgan fingerprint density at radius 2 is 1.71 bits per heavy atom. The van der Waals surface area contributed by atoms with Gasteiger partial charge in [0.1, 0.15) is 0 Å². The molecule has 5 heteroatoms. The normalized spacial score (nSPS) is 6.43. The third-order valence-electron chi connectivity index (χ3n) is 0.0563. The minimum absolute atomic E-state index is 0.765. The molecule has 0 aliphatic carbocycles. The van der Waals surface area contributed by atoms with Crippen LogP contribution in [-0.4, -0.2) is 14.4 Å². The summed E-state index contributed by atoms with van der Waals surface area (Å²) < 4.78 is 16.8. The lowest BCUT2D eigenvalue weighted by atomic mass is 11.2. The van der Waals surface area contributed by atoms with Gasteiger partial charge in [0.15, 0.2) is 0 Å². The van der Waals surface area contributed by atoms with E-state index in [-0.39, 0.29) is 0 Å². The average molecular weight is 139 g/mol.